The Morgan fingerprint density at radius 1 is 1.05 bits per heavy atom. The van der Waals surface area contributed by atoms with Crippen molar-refractivity contribution in [1.82, 2.24) is 9.97 Å². The number of aliphatic hydroxyl groups excluding tert-OH is 1. The van der Waals surface area contributed by atoms with Gasteiger partial charge in [0.25, 0.3) is 5.91 Å². The zero-order valence-electron chi connectivity index (χ0n) is 19.6. The number of pyridine rings is 1. The Morgan fingerprint density at radius 2 is 1.79 bits per heavy atom. The van der Waals surface area contributed by atoms with E-state index in [9.17, 15) is 27.9 Å². The summed E-state index contributed by atoms with van der Waals surface area (Å²) in [6.45, 7) is 1.65. The minimum Gasteiger partial charge on any atom is -0.503 e. The third-order valence-corrected chi connectivity index (χ3v) is 6.98. The topological polar surface area (TPSA) is 92.6 Å². The molecule has 3 heterocycles. The SMILES string of the molecule is Cc1nc(-c2ccccc2)sc1C(=O)C1=C(O)C(=O)N(c2cccc(OC(F)(F)F)c2)C1c1ccccn1. The van der Waals surface area contributed by atoms with Crippen molar-refractivity contribution in [3.05, 3.63) is 107 Å². The van der Waals surface area contributed by atoms with E-state index in [4.69, 9.17) is 0 Å². The van der Waals surface area contributed by atoms with Crippen molar-refractivity contribution in [2.45, 2.75) is 19.3 Å². The van der Waals surface area contributed by atoms with Crippen LogP contribution in [-0.2, 0) is 4.79 Å². The molecule has 0 saturated carbocycles. The Kier molecular flexibility index (Phi) is 6.45. The van der Waals surface area contributed by atoms with Gasteiger partial charge in [-0.1, -0.05) is 42.5 Å². The first-order chi connectivity index (χ1) is 18.1. The summed E-state index contributed by atoms with van der Waals surface area (Å²) in [5.41, 5.74) is 1.17. The van der Waals surface area contributed by atoms with Gasteiger partial charge in [-0.3, -0.25) is 19.5 Å². The van der Waals surface area contributed by atoms with Gasteiger partial charge in [-0.15, -0.1) is 24.5 Å². The Balaban J connectivity index is 1.60. The number of halogens is 3. The number of anilines is 1. The summed E-state index contributed by atoms with van der Waals surface area (Å²) in [7, 11) is 0. The predicted molar refractivity (Wildman–Crippen MR) is 134 cm³/mol. The van der Waals surface area contributed by atoms with Gasteiger partial charge < -0.3 is 9.84 Å². The zero-order chi connectivity index (χ0) is 27.0. The van der Waals surface area contributed by atoms with Crippen molar-refractivity contribution in [3.8, 4) is 16.3 Å². The van der Waals surface area contributed by atoms with E-state index in [1.165, 1.54) is 18.3 Å². The highest BCUT2D eigenvalue weighted by atomic mass is 32.1. The number of amides is 1. The minimum atomic E-state index is -4.95. The van der Waals surface area contributed by atoms with E-state index < -0.39 is 35.6 Å². The van der Waals surface area contributed by atoms with E-state index in [1.54, 1.807) is 25.1 Å². The number of thiazole rings is 1. The van der Waals surface area contributed by atoms with Gasteiger partial charge in [0.05, 0.1) is 21.8 Å². The first-order valence-electron chi connectivity index (χ1n) is 11.2. The lowest BCUT2D eigenvalue weighted by Gasteiger charge is -2.26. The van der Waals surface area contributed by atoms with Crippen LogP contribution in [-0.4, -0.2) is 33.1 Å². The monoisotopic (exact) mass is 537 g/mol. The van der Waals surface area contributed by atoms with Crippen LogP contribution in [0.3, 0.4) is 0 Å². The molecule has 1 amide bonds. The molecule has 1 aliphatic heterocycles. The van der Waals surface area contributed by atoms with Gasteiger partial charge in [0.2, 0.25) is 5.78 Å². The van der Waals surface area contributed by atoms with Gasteiger partial charge >= 0.3 is 6.36 Å². The lowest BCUT2D eigenvalue weighted by Crippen LogP contribution is -2.31. The van der Waals surface area contributed by atoms with E-state index in [2.05, 4.69) is 14.7 Å². The van der Waals surface area contributed by atoms with Crippen molar-refractivity contribution in [2.75, 3.05) is 4.90 Å². The molecule has 0 radical (unpaired) electrons. The fraction of sp³-hybridized carbons (Fsp3) is 0.111. The quantitative estimate of drug-likeness (QED) is 0.295. The minimum absolute atomic E-state index is 0.0206. The highest BCUT2D eigenvalue weighted by Crippen LogP contribution is 2.43. The predicted octanol–water partition coefficient (Wildman–Crippen LogP) is 6.20. The van der Waals surface area contributed by atoms with Crippen LogP contribution in [0.1, 0.15) is 27.1 Å². The fourth-order valence-electron chi connectivity index (χ4n) is 4.19. The van der Waals surface area contributed by atoms with E-state index in [-0.39, 0.29) is 21.8 Å². The van der Waals surface area contributed by atoms with Crippen molar-refractivity contribution < 1.29 is 32.6 Å². The molecule has 38 heavy (non-hydrogen) atoms. The first kappa shape index (κ1) is 25.2. The summed E-state index contributed by atoms with van der Waals surface area (Å²) in [6.07, 6.45) is -3.50. The van der Waals surface area contributed by atoms with Gasteiger partial charge in [0.1, 0.15) is 16.8 Å². The molecule has 4 aromatic rings. The van der Waals surface area contributed by atoms with Crippen LogP contribution in [0.25, 0.3) is 10.6 Å². The Morgan fingerprint density at radius 3 is 2.47 bits per heavy atom. The molecule has 0 bridgehead atoms. The van der Waals surface area contributed by atoms with Gasteiger partial charge in [-0.2, -0.15) is 0 Å². The number of carbonyl (C=O) groups excluding carboxylic acids is 2. The summed E-state index contributed by atoms with van der Waals surface area (Å²) in [6, 6.07) is 17.6. The first-order valence-corrected chi connectivity index (χ1v) is 12.1. The number of hydrogen-bond acceptors (Lipinski definition) is 7. The summed E-state index contributed by atoms with van der Waals surface area (Å²) in [5, 5.41) is 11.5. The maximum atomic E-state index is 13.9. The van der Waals surface area contributed by atoms with Crippen molar-refractivity contribution in [2.24, 2.45) is 0 Å². The van der Waals surface area contributed by atoms with Crippen LogP contribution in [0.5, 0.6) is 5.75 Å². The molecule has 1 aliphatic rings. The Hall–Kier alpha value is -4.51. The van der Waals surface area contributed by atoms with Crippen LogP contribution >= 0.6 is 11.3 Å². The number of aliphatic hydroxyl groups is 1. The summed E-state index contributed by atoms with van der Waals surface area (Å²) in [4.78, 5) is 37.2. The van der Waals surface area contributed by atoms with Gasteiger partial charge in [-0.25, -0.2) is 4.98 Å². The molecule has 1 atom stereocenters. The third-order valence-electron chi connectivity index (χ3n) is 5.77. The van der Waals surface area contributed by atoms with E-state index in [0.29, 0.717) is 10.7 Å². The lowest BCUT2D eigenvalue weighted by atomic mass is 9.98. The maximum absolute atomic E-state index is 13.9. The molecule has 2 aromatic carbocycles. The van der Waals surface area contributed by atoms with Gasteiger partial charge in [-0.05, 0) is 31.2 Å². The van der Waals surface area contributed by atoms with Crippen LogP contribution in [0.2, 0.25) is 0 Å². The second-order valence-electron chi connectivity index (χ2n) is 8.27. The molecule has 0 fully saturated rings. The number of nitrogens with zero attached hydrogens (tertiary/aromatic N) is 3. The second-order valence-corrected chi connectivity index (χ2v) is 9.27. The average molecular weight is 538 g/mol. The molecule has 5 rings (SSSR count). The number of aromatic nitrogens is 2. The molecule has 1 unspecified atom stereocenters. The molecule has 192 valence electrons. The van der Waals surface area contributed by atoms with E-state index >= 15 is 0 Å². The molecule has 7 nitrogen and oxygen atoms in total. The summed E-state index contributed by atoms with van der Waals surface area (Å²) >= 11 is 1.11. The maximum Gasteiger partial charge on any atom is 0.573 e. The van der Waals surface area contributed by atoms with Crippen molar-refractivity contribution in [1.29, 1.82) is 0 Å². The standard InChI is InChI=1S/C27H18F3N3O4S/c1-15-24(38-25(32-15)16-8-3-2-4-9-16)22(34)20-21(19-12-5-6-13-31-19)33(26(36)23(20)35)17-10-7-11-18(14-17)37-27(28,29)30/h2-14,21,35H,1H3. The molecular formula is C27H18F3N3O4S. The highest BCUT2D eigenvalue weighted by molar-refractivity contribution is 7.17. The van der Waals surface area contributed by atoms with Crippen LogP contribution in [0, 0.1) is 6.92 Å². The Bertz CT molecular complexity index is 1550. The average Bonchev–Trinajstić information content (AvgIpc) is 3.41. The van der Waals surface area contributed by atoms with Gasteiger partial charge in [0.15, 0.2) is 5.76 Å². The molecule has 0 aliphatic carbocycles. The number of rotatable bonds is 6. The number of ether oxygens (including phenoxy) is 1. The molecule has 2 aromatic heterocycles. The molecule has 0 spiro atoms. The van der Waals surface area contributed by atoms with Crippen LogP contribution < -0.4 is 9.64 Å². The zero-order valence-corrected chi connectivity index (χ0v) is 20.5. The Labute approximate surface area is 218 Å². The van der Waals surface area contributed by atoms with E-state index in [1.807, 2.05) is 30.3 Å². The van der Waals surface area contributed by atoms with E-state index in [0.717, 1.165) is 33.9 Å². The smallest absolute Gasteiger partial charge is 0.503 e. The number of ketones is 1. The summed E-state index contributed by atoms with van der Waals surface area (Å²) in [5.74, 6) is -2.97. The number of benzene rings is 2. The molecule has 11 heteroatoms. The largest absolute Gasteiger partial charge is 0.573 e. The number of Topliss-reactive ketones (excluding diaryl/α,β-unsaturated/α-hetero) is 1. The molecule has 1 N–H and O–H groups in total. The van der Waals surface area contributed by atoms with Gasteiger partial charge in [0, 0.05) is 23.5 Å². The van der Waals surface area contributed by atoms with Crippen molar-refractivity contribution >= 4 is 28.7 Å². The lowest BCUT2D eigenvalue weighted by molar-refractivity contribution is -0.274. The number of carbonyl (C=O) groups is 2. The summed E-state index contributed by atoms with van der Waals surface area (Å²) < 4.78 is 42.5. The number of hydrogen-bond donors (Lipinski definition) is 1. The number of aryl methyl sites for hydroxylation is 1. The number of alkyl halides is 3. The molecule has 0 saturated heterocycles. The normalized spacial score (nSPS) is 15.7. The second kappa shape index (κ2) is 9.75. The third kappa shape index (κ3) is 4.75. The van der Waals surface area contributed by atoms with Crippen molar-refractivity contribution in [3.63, 3.8) is 0 Å². The van der Waals surface area contributed by atoms with Crippen LogP contribution in [0.4, 0.5) is 18.9 Å². The van der Waals surface area contributed by atoms with Crippen LogP contribution in [0.15, 0.2) is 90.3 Å². The molecular weight excluding hydrogens is 519 g/mol. The fourth-order valence-corrected chi connectivity index (χ4v) is 5.21. The highest BCUT2D eigenvalue weighted by Gasteiger charge is 2.46.